The molecular weight excluding hydrogens is 518 g/mol. The van der Waals surface area contributed by atoms with Crippen LogP contribution in [0.2, 0.25) is 5.02 Å². The Morgan fingerprint density at radius 3 is 2.11 bits per heavy atom. The number of fused-ring (bicyclic) bond motifs is 4. The zero-order valence-electron chi connectivity index (χ0n) is 17.8. The molecule has 7 aromatic rings. The maximum atomic E-state index is 13.1. The van der Waals surface area contributed by atoms with E-state index in [1.165, 1.54) is 26.9 Å². The normalized spacial score (nSPS) is 16.8. The SMILES string of the molecule is O=C1c2cc3ccc4cc5c6ccccc6cc6ccc7c(Cl)c(c2C(Cl)=C(Cl)C1Cl)c3c4c7c65. The summed E-state index contributed by atoms with van der Waals surface area (Å²) in [6.45, 7) is 0. The van der Waals surface area contributed by atoms with Gasteiger partial charge >= 0.3 is 0 Å². The molecule has 8 rings (SSSR count). The van der Waals surface area contributed by atoms with Crippen molar-refractivity contribution in [3.8, 4) is 0 Å². The highest BCUT2D eigenvalue weighted by Crippen LogP contribution is 2.52. The van der Waals surface area contributed by atoms with Crippen molar-refractivity contribution < 1.29 is 4.79 Å². The van der Waals surface area contributed by atoms with Crippen LogP contribution in [-0.2, 0) is 0 Å². The number of alkyl halides is 1. The quantitative estimate of drug-likeness (QED) is 0.108. The molecule has 166 valence electrons. The zero-order valence-corrected chi connectivity index (χ0v) is 20.9. The molecule has 1 atom stereocenters. The van der Waals surface area contributed by atoms with Gasteiger partial charge in [0.15, 0.2) is 5.78 Å². The Hall–Kier alpha value is -2.81. The summed E-state index contributed by atoms with van der Waals surface area (Å²) < 4.78 is 0. The molecule has 0 bridgehead atoms. The summed E-state index contributed by atoms with van der Waals surface area (Å²) in [5.41, 5.74) is 1.02. The van der Waals surface area contributed by atoms with Crippen molar-refractivity contribution in [3.05, 3.63) is 87.9 Å². The van der Waals surface area contributed by atoms with Gasteiger partial charge in [0.05, 0.1) is 15.1 Å². The van der Waals surface area contributed by atoms with E-state index in [1.807, 2.05) is 12.1 Å². The number of Topliss-reactive ketones (excluding diaryl/α,β-unsaturated/α-hetero) is 1. The van der Waals surface area contributed by atoms with Crippen molar-refractivity contribution >= 4 is 122 Å². The minimum absolute atomic E-state index is 0.139. The second-order valence-corrected chi connectivity index (χ2v) is 10.8. The van der Waals surface area contributed by atoms with Gasteiger partial charge in [0, 0.05) is 27.3 Å². The highest BCUT2D eigenvalue weighted by molar-refractivity contribution is 6.62. The molecule has 0 radical (unpaired) electrons. The molecule has 0 fully saturated rings. The number of ketones is 1. The summed E-state index contributed by atoms with van der Waals surface area (Å²) in [5, 5.41) is 12.9. The summed E-state index contributed by atoms with van der Waals surface area (Å²) >= 11 is 26.7. The third-order valence-electron chi connectivity index (χ3n) is 7.56. The van der Waals surface area contributed by atoms with Crippen LogP contribution in [-0.4, -0.2) is 11.2 Å². The molecule has 1 aliphatic carbocycles. The molecule has 1 nitrogen and oxygen atoms in total. The first-order valence-corrected chi connectivity index (χ1v) is 12.8. The molecule has 0 heterocycles. The monoisotopic (exact) mass is 528 g/mol. The van der Waals surface area contributed by atoms with Crippen LogP contribution in [0.5, 0.6) is 0 Å². The van der Waals surface area contributed by atoms with Crippen molar-refractivity contribution in [2.24, 2.45) is 0 Å². The van der Waals surface area contributed by atoms with Gasteiger partial charge in [0.1, 0.15) is 5.38 Å². The van der Waals surface area contributed by atoms with Gasteiger partial charge in [0.25, 0.3) is 0 Å². The van der Waals surface area contributed by atoms with Gasteiger partial charge in [-0.15, -0.1) is 11.6 Å². The van der Waals surface area contributed by atoms with E-state index in [2.05, 4.69) is 54.6 Å². The summed E-state index contributed by atoms with van der Waals surface area (Å²) in [5.74, 6) is -0.263. The van der Waals surface area contributed by atoms with Gasteiger partial charge in [-0.2, -0.15) is 0 Å². The number of allylic oxidation sites excluding steroid dienone is 1. The van der Waals surface area contributed by atoms with Gasteiger partial charge in [-0.1, -0.05) is 83.3 Å². The average molecular weight is 530 g/mol. The second-order valence-electron chi connectivity index (χ2n) is 9.25. The lowest BCUT2D eigenvalue weighted by Crippen LogP contribution is -2.21. The van der Waals surface area contributed by atoms with E-state index in [-0.39, 0.29) is 15.8 Å². The molecule has 0 saturated heterocycles. The highest BCUT2D eigenvalue weighted by Gasteiger charge is 2.35. The van der Waals surface area contributed by atoms with Crippen molar-refractivity contribution in [2.45, 2.75) is 5.38 Å². The van der Waals surface area contributed by atoms with E-state index in [0.717, 1.165) is 37.7 Å². The maximum Gasteiger partial charge on any atom is 0.186 e. The van der Waals surface area contributed by atoms with Crippen molar-refractivity contribution in [1.82, 2.24) is 0 Å². The molecule has 0 saturated carbocycles. The lowest BCUT2D eigenvalue weighted by Gasteiger charge is -2.25. The molecule has 0 N–H and O–H groups in total. The molecule has 0 aliphatic heterocycles. The number of hydrogen-bond acceptors (Lipinski definition) is 1. The number of hydrogen-bond donors (Lipinski definition) is 0. The highest BCUT2D eigenvalue weighted by atomic mass is 35.5. The summed E-state index contributed by atoms with van der Waals surface area (Å²) in [7, 11) is 0. The Bertz CT molecular complexity index is 2120. The third-order valence-corrected chi connectivity index (χ3v) is 9.38. The second kappa shape index (κ2) is 6.69. The fourth-order valence-corrected chi connectivity index (χ4v) is 7.24. The Morgan fingerprint density at radius 1 is 0.600 bits per heavy atom. The van der Waals surface area contributed by atoms with Gasteiger partial charge in [0.2, 0.25) is 0 Å². The molecule has 7 aromatic carbocycles. The van der Waals surface area contributed by atoms with Crippen LogP contribution < -0.4 is 0 Å². The van der Waals surface area contributed by atoms with Crippen LogP contribution in [0.1, 0.15) is 15.9 Å². The van der Waals surface area contributed by atoms with Gasteiger partial charge < -0.3 is 0 Å². The summed E-state index contributed by atoms with van der Waals surface area (Å²) in [4.78, 5) is 13.1. The molecule has 1 unspecified atom stereocenters. The first kappa shape index (κ1) is 20.4. The largest absolute Gasteiger partial charge is 0.292 e. The minimum Gasteiger partial charge on any atom is -0.292 e. The van der Waals surface area contributed by atoms with Crippen LogP contribution in [0.4, 0.5) is 0 Å². The third kappa shape index (κ3) is 2.36. The number of benzene rings is 7. The van der Waals surface area contributed by atoms with Crippen LogP contribution in [0.25, 0.3) is 69.7 Å². The summed E-state index contributed by atoms with van der Waals surface area (Å²) in [6, 6.07) is 23.2. The van der Waals surface area contributed by atoms with Crippen LogP contribution in [0, 0.1) is 0 Å². The minimum atomic E-state index is -0.998. The Morgan fingerprint density at radius 2 is 1.29 bits per heavy atom. The zero-order chi connectivity index (χ0) is 23.7. The molecule has 0 spiro atoms. The van der Waals surface area contributed by atoms with Crippen LogP contribution in [0.15, 0.2) is 71.8 Å². The van der Waals surface area contributed by atoms with E-state index in [4.69, 9.17) is 46.4 Å². The fraction of sp³-hybridized carbons (Fsp3) is 0.0333. The van der Waals surface area contributed by atoms with Gasteiger partial charge in [-0.05, 0) is 66.7 Å². The first-order valence-electron chi connectivity index (χ1n) is 11.2. The Labute approximate surface area is 219 Å². The van der Waals surface area contributed by atoms with E-state index >= 15 is 0 Å². The van der Waals surface area contributed by atoms with E-state index in [9.17, 15) is 4.79 Å². The first-order chi connectivity index (χ1) is 17.0. The predicted octanol–water partition coefficient (Wildman–Crippen LogP) is 10.1. The van der Waals surface area contributed by atoms with E-state index < -0.39 is 5.38 Å². The maximum absolute atomic E-state index is 13.1. The van der Waals surface area contributed by atoms with E-state index in [0.29, 0.717) is 16.1 Å². The molecule has 5 heteroatoms. The smallest absolute Gasteiger partial charge is 0.186 e. The molecule has 35 heavy (non-hydrogen) atoms. The molecule has 1 aliphatic rings. The average Bonchev–Trinajstić information content (AvgIpc) is 2.88. The predicted molar refractivity (Wildman–Crippen MR) is 151 cm³/mol. The summed E-state index contributed by atoms with van der Waals surface area (Å²) in [6.07, 6.45) is 0. The number of halogens is 4. The van der Waals surface area contributed by atoms with Crippen molar-refractivity contribution in [1.29, 1.82) is 0 Å². The van der Waals surface area contributed by atoms with Gasteiger partial charge in [-0.25, -0.2) is 0 Å². The molecule has 0 amide bonds. The number of rotatable bonds is 0. The Kier molecular flexibility index (Phi) is 3.90. The number of carbonyl (C=O) groups excluding carboxylic acids is 1. The van der Waals surface area contributed by atoms with Gasteiger partial charge in [-0.3, -0.25) is 4.79 Å². The van der Waals surface area contributed by atoms with Crippen molar-refractivity contribution in [2.75, 3.05) is 0 Å². The standard InChI is InChI=1S/C30H12Cl4O/c31-26-17-8-7-13-9-12-3-1-2-4-16(12)18-10-14-5-6-15-11-19-24(27(32)28(33)29(34)30(19)35)25(26)22(15)21(14)23(17)20(13)18/h1-11,29H. The molecule has 0 aromatic heterocycles. The van der Waals surface area contributed by atoms with Crippen LogP contribution >= 0.6 is 46.4 Å². The number of carbonyl (C=O) groups is 1. The Balaban J connectivity index is 1.72. The topological polar surface area (TPSA) is 17.1 Å². The van der Waals surface area contributed by atoms with Crippen LogP contribution in [0.3, 0.4) is 0 Å². The molecular formula is C30H12Cl4O. The lowest BCUT2D eigenvalue weighted by atomic mass is 9.81. The van der Waals surface area contributed by atoms with Crippen molar-refractivity contribution in [3.63, 3.8) is 0 Å². The fourth-order valence-electron chi connectivity index (χ4n) is 6.11. The van der Waals surface area contributed by atoms with E-state index in [1.54, 1.807) is 0 Å². The lowest BCUT2D eigenvalue weighted by molar-refractivity contribution is 0.0997.